The van der Waals surface area contributed by atoms with Crippen molar-refractivity contribution in [2.24, 2.45) is 11.1 Å². The van der Waals surface area contributed by atoms with Gasteiger partial charge in [-0.05, 0) is 0 Å². The lowest BCUT2D eigenvalue weighted by molar-refractivity contribution is -0.127. The van der Waals surface area contributed by atoms with Crippen molar-refractivity contribution in [3.05, 3.63) is 0 Å². The summed E-state index contributed by atoms with van der Waals surface area (Å²) < 4.78 is 0.176. The summed E-state index contributed by atoms with van der Waals surface area (Å²) in [5.41, 5.74) is 5.52. The molecule has 0 heterocycles. The van der Waals surface area contributed by atoms with E-state index in [-0.39, 0.29) is 22.0 Å². The molecule has 0 rings (SSSR count). The molecule has 2 N–H and O–H groups in total. The lowest BCUT2D eigenvalue weighted by Crippen LogP contribution is -2.41. The molecular formula is C11H23NOS. The van der Waals surface area contributed by atoms with Crippen molar-refractivity contribution in [3.63, 3.8) is 0 Å². The van der Waals surface area contributed by atoms with E-state index in [1.165, 1.54) is 0 Å². The highest BCUT2D eigenvalue weighted by atomic mass is 32.2. The quantitative estimate of drug-likeness (QED) is 0.789. The van der Waals surface area contributed by atoms with Gasteiger partial charge in [-0.1, -0.05) is 41.5 Å². The highest BCUT2D eigenvalue weighted by Gasteiger charge is 2.27. The molecule has 14 heavy (non-hydrogen) atoms. The van der Waals surface area contributed by atoms with Crippen LogP contribution in [-0.4, -0.2) is 22.3 Å². The van der Waals surface area contributed by atoms with Crippen molar-refractivity contribution >= 4 is 17.5 Å². The van der Waals surface area contributed by atoms with E-state index in [0.717, 1.165) is 0 Å². The van der Waals surface area contributed by atoms with Crippen LogP contribution < -0.4 is 5.73 Å². The third-order valence-electron chi connectivity index (χ3n) is 1.77. The van der Waals surface area contributed by atoms with Gasteiger partial charge in [0.25, 0.3) is 0 Å². The van der Waals surface area contributed by atoms with Crippen molar-refractivity contribution < 1.29 is 4.79 Å². The van der Waals surface area contributed by atoms with Gasteiger partial charge in [0.1, 0.15) is 0 Å². The van der Waals surface area contributed by atoms with E-state index in [2.05, 4.69) is 20.8 Å². The molecule has 0 spiro atoms. The standard InChI is InChI=1S/C11H23NOS/c1-10(2,3)9(13)8(12)7-14-11(4,5)6/h8H,7,12H2,1-6H3. The second kappa shape index (κ2) is 4.67. The van der Waals surface area contributed by atoms with Crippen molar-refractivity contribution in [2.75, 3.05) is 5.75 Å². The lowest BCUT2D eigenvalue weighted by Gasteiger charge is -2.24. The molecule has 0 aliphatic heterocycles. The summed E-state index contributed by atoms with van der Waals surface area (Å²) in [7, 11) is 0. The second-order valence-electron chi connectivity index (χ2n) is 5.64. The fourth-order valence-corrected chi connectivity index (χ4v) is 1.80. The predicted molar refractivity (Wildman–Crippen MR) is 64.6 cm³/mol. The molecule has 0 aromatic rings. The number of carbonyl (C=O) groups excluding carboxylic acids is 1. The van der Waals surface area contributed by atoms with Crippen LogP contribution in [0.25, 0.3) is 0 Å². The zero-order chi connectivity index (χ0) is 11.6. The Morgan fingerprint density at radius 1 is 1.21 bits per heavy atom. The highest BCUT2D eigenvalue weighted by Crippen LogP contribution is 2.25. The zero-order valence-corrected chi connectivity index (χ0v) is 11.0. The third-order valence-corrected chi connectivity index (χ3v) is 3.16. The minimum Gasteiger partial charge on any atom is -0.321 e. The SMILES string of the molecule is CC(C)(C)SCC(N)C(=O)C(C)(C)C. The number of nitrogens with two attached hydrogens (primary N) is 1. The maximum Gasteiger partial charge on any atom is 0.155 e. The highest BCUT2D eigenvalue weighted by molar-refractivity contribution is 8.00. The fraction of sp³-hybridized carbons (Fsp3) is 0.909. The second-order valence-corrected chi connectivity index (χ2v) is 7.49. The number of hydrogen-bond donors (Lipinski definition) is 1. The maximum atomic E-state index is 11.7. The molecular weight excluding hydrogens is 194 g/mol. The lowest BCUT2D eigenvalue weighted by atomic mass is 9.87. The Labute approximate surface area is 92.0 Å². The topological polar surface area (TPSA) is 43.1 Å². The Morgan fingerprint density at radius 3 is 1.93 bits per heavy atom. The first-order chi connectivity index (χ1) is 6.04. The smallest absolute Gasteiger partial charge is 0.155 e. The Hall–Kier alpha value is -0.0200. The molecule has 0 saturated carbocycles. The summed E-state index contributed by atoms with van der Waals surface area (Å²) in [6, 6.07) is -0.334. The molecule has 0 aromatic heterocycles. The molecule has 0 bridgehead atoms. The van der Waals surface area contributed by atoms with Crippen LogP contribution >= 0.6 is 11.8 Å². The van der Waals surface area contributed by atoms with Gasteiger partial charge in [0.15, 0.2) is 5.78 Å². The molecule has 1 unspecified atom stereocenters. The van der Waals surface area contributed by atoms with Gasteiger partial charge in [-0.3, -0.25) is 4.79 Å². The average Bonchev–Trinajstić information content (AvgIpc) is 1.95. The van der Waals surface area contributed by atoms with Crippen LogP contribution in [0.3, 0.4) is 0 Å². The van der Waals surface area contributed by atoms with Gasteiger partial charge >= 0.3 is 0 Å². The van der Waals surface area contributed by atoms with E-state index >= 15 is 0 Å². The van der Waals surface area contributed by atoms with E-state index in [9.17, 15) is 4.79 Å². The van der Waals surface area contributed by atoms with Gasteiger partial charge in [-0.2, -0.15) is 11.8 Å². The summed E-state index contributed by atoms with van der Waals surface area (Å²) in [6.45, 7) is 12.1. The molecule has 0 aliphatic rings. The Kier molecular flexibility index (Phi) is 4.66. The van der Waals surface area contributed by atoms with Gasteiger partial charge in [0.05, 0.1) is 6.04 Å². The normalized spacial score (nSPS) is 15.4. The molecule has 0 radical (unpaired) electrons. The van der Waals surface area contributed by atoms with Crippen LogP contribution in [0.5, 0.6) is 0 Å². The van der Waals surface area contributed by atoms with Crippen LogP contribution in [0.4, 0.5) is 0 Å². The maximum absolute atomic E-state index is 11.7. The van der Waals surface area contributed by atoms with E-state index in [1.807, 2.05) is 20.8 Å². The Morgan fingerprint density at radius 2 is 1.64 bits per heavy atom. The first-order valence-electron chi connectivity index (χ1n) is 4.98. The molecule has 1 atom stereocenters. The van der Waals surface area contributed by atoms with E-state index in [0.29, 0.717) is 5.75 Å². The molecule has 2 nitrogen and oxygen atoms in total. The van der Waals surface area contributed by atoms with Crippen molar-refractivity contribution in [1.29, 1.82) is 0 Å². The zero-order valence-electron chi connectivity index (χ0n) is 10.2. The molecule has 0 amide bonds. The molecule has 0 aromatic carbocycles. The molecule has 0 fully saturated rings. The minimum absolute atomic E-state index is 0.147. The summed E-state index contributed by atoms with van der Waals surface area (Å²) in [5, 5.41) is 0. The van der Waals surface area contributed by atoms with Gasteiger partial charge in [0, 0.05) is 15.9 Å². The summed E-state index contributed by atoms with van der Waals surface area (Å²) in [6.07, 6.45) is 0. The number of thioether (sulfide) groups is 1. The van der Waals surface area contributed by atoms with E-state index in [1.54, 1.807) is 11.8 Å². The van der Waals surface area contributed by atoms with E-state index < -0.39 is 0 Å². The summed E-state index contributed by atoms with van der Waals surface area (Å²) in [4.78, 5) is 11.7. The van der Waals surface area contributed by atoms with Crippen LogP contribution in [0.2, 0.25) is 0 Å². The number of rotatable bonds is 3. The van der Waals surface area contributed by atoms with Crippen LogP contribution in [0.1, 0.15) is 41.5 Å². The van der Waals surface area contributed by atoms with Crippen molar-refractivity contribution in [1.82, 2.24) is 0 Å². The van der Waals surface area contributed by atoms with Gasteiger partial charge < -0.3 is 5.73 Å². The van der Waals surface area contributed by atoms with Gasteiger partial charge in [-0.15, -0.1) is 0 Å². The first-order valence-corrected chi connectivity index (χ1v) is 5.96. The fourth-order valence-electron chi connectivity index (χ4n) is 0.972. The van der Waals surface area contributed by atoms with E-state index in [4.69, 9.17) is 5.73 Å². The molecule has 0 saturated heterocycles. The molecule has 84 valence electrons. The van der Waals surface area contributed by atoms with Gasteiger partial charge in [-0.25, -0.2) is 0 Å². The molecule has 3 heteroatoms. The Bertz CT molecular complexity index is 200. The number of hydrogen-bond acceptors (Lipinski definition) is 3. The third kappa shape index (κ3) is 5.66. The number of Topliss-reactive ketones (excluding diaryl/α,β-unsaturated/α-hetero) is 1. The number of ketones is 1. The summed E-state index contributed by atoms with van der Waals surface area (Å²) >= 11 is 1.74. The van der Waals surface area contributed by atoms with Crippen LogP contribution in [-0.2, 0) is 4.79 Å². The summed E-state index contributed by atoms with van der Waals surface area (Å²) in [5.74, 6) is 0.855. The largest absolute Gasteiger partial charge is 0.321 e. The van der Waals surface area contributed by atoms with Crippen LogP contribution in [0, 0.1) is 5.41 Å². The van der Waals surface area contributed by atoms with Gasteiger partial charge in [0.2, 0.25) is 0 Å². The van der Waals surface area contributed by atoms with Crippen LogP contribution in [0.15, 0.2) is 0 Å². The molecule has 0 aliphatic carbocycles. The monoisotopic (exact) mass is 217 g/mol. The van der Waals surface area contributed by atoms with Crippen molar-refractivity contribution in [3.8, 4) is 0 Å². The first kappa shape index (κ1) is 14.0. The Balaban J connectivity index is 4.11. The average molecular weight is 217 g/mol. The minimum atomic E-state index is -0.334. The van der Waals surface area contributed by atoms with Crippen molar-refractivity contribution in [2.45, 2.75) is 52.3 Å². The number of carbonyl (C=O) groups is 1. The predicted octanol–water partition coefficient (Wildman–Crippen LogP) is 2.46.